The number of benzene rings is 1. The third kappa shape index (κ3) is 4.19. The molecule has 138 valence electrons. The van der Waals surface area contributed by atoms with Gasteiger partial charge in [0.15, 0.2) is 0 Å². The second-order valence-corrected chi connectivity index (χ2v) is 6.33. The summed E-state index contributed by atoms with van der Waals surface area (Å²) in [5.74, 6) is -0.0289. The Balaban J connectivity index is 2.23. The van der Waals surface area contributed by atoms with Gasteiger partial charge in [-0.25, -0.2) is 0 Å². The summed E-state index contributed by atoms with van der Waals surface area (Å²) >= 11 is 0. The normalized spacial score (nSPS) is 17.4. The molecular formula is C17H26N4O4. The molecule has 0 bridgehead atoms. The van der Waals surface area contributed by atoms with Crippen molar-refractivity contribution in [3.8, 4) is 5.75 Å². The molecule has 0 saturated carbocycles. The number of amides is 1. The first-order valence-electron chi connectivity index (χ1n) is 8.45. The van der Waals surface area contributed by atoms with E-state index in [1.165, 1.54) is 19.2 Å². The average Bonchev–Trinajstić information content (AvgIpc) is 3.05. The van der Waals surface area contributed by atoms with Gasteiger partial charge in [0.05, 0.1) is 17.6 Å². The van der Waals surface area contributed by atoms with Crippen molar-refractivity contribution in [2.24, 2.45) is 0 Å². The van der Waals surface area contributed by atoms with E-state index >= 15 is 0 Å². The molecular weight excluding hydrogens is 324 g/mol. The van der Waals surface area contributed by atoms with Gasteiger partial charge >= 0.3 is 0 Å². The van der Waals surface area contributed by atoms with Gasteiger partial charge in [-0.1, -0.05) is 6.92 Å². The molecule has 25 heavy (non-hydrogen) atoms. The second kappa shape index (κ2) is 8.15. The summed E-state index contributed by atoms with van der Waals surface area (Å²) in [5, 5.41) is 14.2. The van der Waals surface area contributed by atoms with Gasteiger partial charge in [-0.15, -0.1) is 0 Å². The quantitative estimate of drug-likeness (QED) is 0.597. The standard InChI is InChI=1S/C17H26N4O4/c1-5-20-8-6-7-12(20)11-18-17(22)13-9-15(21(23)24)14(19(2)3)10-16(13)25-4/h9-10,12H,5-8,11H2,1-4H3,(H,18,22)/t12-/m1/s1. The predicted molar refractivity (Wildman–Crippen MR) is 96.6 cm³/mol. The van der Waals surface area contributed by atoms with E-state index < -0.39 is 4.92 Å². The Hall–Kier alpha value is -2.35. The van der Waals surface area contributed by atoms with Gasteiger partial charge in [0.2, 0.25) is 0 Å². The van der Waals surface area contributed by atoms with E-state index in [0.29, 0.717) is 24.0 Å². The Morgan fingerprint density at radius 2 is 2.20 bits per heavy atom. The number of carbonyl (C=O) groups is 1. The molecule has 1 aromatic rings. The molecule has 0 radical (unpaired) electrons. The smallest absolute Gasteiger partial charge is 0.293 e. The van der Waals surface area contributed by atoms with Crippen molar-refractivity contribution in [3.63, 3.8) is 0 Å². The fraction of sp³-hybridized carbons (Fsp3) is 0.588. The zero-order chi connectivity index (χ0) is 18.6. The number of carbonyl (C=O) groups excluding carboxylic acids is 1. The molecule has 0 unspecified atom stereocenters. The number of likely N-dealkylation sites (tertiary alicyclic amines) is 1. The lowest BCUT2D eigenvalue weighted by Crippen LogP contribution is -2.40. The largest absolute Gasteiger partial charge is 0.496 e. The highest BCUT2D eigenvalue weighted by Gasteiger charge is 2.26. The van der Waals surface area contributed by atoms with Crippen LogP contribution in [0, 0.1) is 10.1 Å². The number of nitrogens with one attached hydrogen (secondary N) is 1. The molecule has 1 aliphatic rings. The first kappa shape index (κ1) is 19.0. The summed E-state index contributed by atoms with van der Waals surface area (Å²) in [6.07, 6.45) is 2.17. The lowest BCUT2D eigenvalue weighted by molar-refractivity contribution is -0.384. The van der Waals surface area contributed by atoms with Crippen molar-refractivity contribution in [3.05, 3.63) is 27.8 Å². The Morgan fingerprint density at radius 3 is 2.76 bits per heavy atom. The molecule has 1 fully saturated rings. The Kier molecular flexibility index (Phi) is 6.19. The molecule has 8 nitrogen and oxygen atoms in total. The monoisotopic (exact) mass is 350 g/mol. The van der Waals surface area contributed by atoms with Gasteiger partial charge in [-0.2, -0.15) is 0 Å². The maximum atomic E-state index is 12.6. The minimum Gasteiger partial charge on any atom is -0.496 e. The number of ether oxygens (including phenoxy) is 1. The van der Waals surface area contributed by atoms with Crippen LogP contribution >= 0.6 is 0 Å². The predicted octanol–water partition coefficient (Wildman–Crippen LogP) is 1.88. The molecule has 1 aliphatic heterocycles. The number of nitrogens with zero attached hydrogens (tertiary/aromatic N) is 3. The van der Waals surface area contributed by atoms with Crippen LogP contribution in [-0.2, 0) is 0 Å². The van der Waals surface area contributed by atoms with Crippen LogP contribution in [0.1, 0.15) is 30.1 Å². The number of likely N-dealkylation sites (N-methyl/N-ethyl adjacent to an activating group) is 1. The van der Waals surface area contributed by atoms with Crippen LogP contribution in [0.5, 0.6) is 5.75 Å². The third-order valence-corrected chi connectivity index (χ3v) is 4.62. The van der Waals surface area contributed by atoms with Crippen LogP contribution in [0.25, 0.3) is 0 Å². The Bertz CT molecular complexity index is 648. The summed E-state index contributed by atoms with van der Waals surface area (Å²) < 4.78 is 5.29. The molecule has 1 atom stereocenters. The number of rotatable bonds is 7. The lowest BCUT2D eigenvalue weighted by Gasteiger charge is -2.23. The zero-order valence-corrected chi connectivity index (χ0v) is 15.2. The average molecular weight is 350 g/mol. The van der Waals surface area contributed by atoms with Crippen molar-refractivity contribution >= 4 is 17.3 Å². The van der Waals surface area contributed by atoms with E-state index in [9.17, 15) is 14.9 Å². The van der Waals surface area contributed by atoms with E-state index in [4.69, 9.17) is 4.74 Å². The molecule has 0 spiro atoms. The van der Waals surface area contributed by atoms with E-state index in [1.807, 2.05) is 0 Å². The third-order valence-electron chi connectivity index (χ3n) is 4.62. The fourth-order valence-electron chi connectivity index (χ4n) is 3.26. The molecule has 8 heteroatoms. The van der Waals surface area contributed by atoms with E-state index in [-0.39, 0.29) is 17.2 Å². The number of anilines is 1. The number of hydrogen-bond donors (Lipinski definition) is 1. The van der Waals surface area contributed by atoms with Crippen LogP contribution in [-0.4, -0.2) is 62.6 Å². The van der Waals surface area contributed by atoms with Gasteiger partial charge < -0.3 is 15.0 Å². The van der Waals surface area contributed by atoms with Crippen molar-refractivity contribution < 1.29 is 14.5 Å². The van der Waals surface area contributed by atoms with Crippen LogP contribution in [0.3, 0.4) is 0 Å². The first-order chi connectivity index (χ1) is 11.9. The van der Waals surface area contributed by atoms with E-state index in [2.05, 4.69) is 17.1 Å². The minimum absolute atomic E-state index is 0.119. The van der Waals surface area contributed by atoms with Crippen LogP contribution in [0.15, 0.2) is 12.1 Å². The maximum Gasteiger partial charge on any atom is 0.293 e. The maximum absolute atomic E-state index is 12.6. The molecule has 1 saturated heterocycles. The minimum atomic E-state index is -0.485. The number of hydrogen-bond acceptors (Lipinski definition) is 6. The van der Waals surface area contributed by atoms with Gasteiger partial charge in [-0.05, 0) is 25.9 Å². The number of nitro groups is 1. The highest BCUT2D eigenvalue weighted by Crippen LogP contribution is 2.34. The lowest BCUT2D eigenvalue weighted by atomic mass is 10.1. The van der Waals surface area contributed by atoms with E-state index in [0.717, 1.165) is 25.9 Å². The number of nitro benzene ring substituents is 1. The van der Waals surface area contributed by atoms with Crippen molar-refractivity contribution in [2.45, 2.75) is 25.8 Å². The summed E-state index contributed by atoms with van der Waals surface area (Å²) in [4.78, 5) is 27.4. The van der Waals surface area contributed by atoms with Gasteiger partial charge in [-0.3, -0.25) is 19.8 Å². The van der Waals surface area contributed by atoms with Gasteiger partial charge in [0.1, 0.15) is 11.4 Å². The van der Waals surface area contributed by atoms with Gasteiger partial charge in [0.25, 0.3) is 11.6 Å². The molecule has 1 heterocycles. The molecule has 1 N–H and O–H groups in total. The fourth-order valence-corrected chi connectivity index (χ4v) is 3.26. The van der Waals surface area contributed by atoms with E-state index in [1.54, 1.807) is 19.0 Å². The highest BCUT2D eigenvalue weighted by atomic mass is 16.6. The molecule has 0 aliphatic carbocycles. The first-order valence-corrected chi connectivity index (χ1v) is 8.45. The highest BCUT2D eigenvalue weighted by molar-refractivity contribution is 5.98. The van der Waals surface area contributed by atoms with Gasteiger partial charge in [0, 0.05) is 38.8 Å². The van der Waals surface area contributed by atoms with Crippen LogP contribution < -0.4 is 15.0 Å². The molecule has 1 aromatic carbocycles. The van der Waals surface area contributed by atoms with Crippen molar-refractivity contribution in [1.82, 2.24) is 10.2 Å². The SMILES string of the molecule is CCN1CCC[C@@H]1CNC(=O)c1cc([N+](=O)[O-])c(N(C)C)cc1OC. The topological polar surface area (TPSA) is 88.0 Å². The molecule has 2 rings (SSSR count). The summed E-state index contributed by atoms with van der Waals surface area (Å²) in [6, 6.07) is 3.13. The summed E-state index contributed by atoms with van der Waals surface area (Å²) in [5.41, 5.74) is 0.458. The van der Waals surface area contributed by atoms with Crippen LogP contribution in [0.2, 0.25) is 0 Å². The van der Waals surface area contributed by atoms with Crippen molar-refractivity contribution in [2.75, 3.05) is 45.7 Å². The Labute approximate surface area is 147 Å². The zero-order valence-electron chi connectivity index (χ0n) is 15.2. The molecule has 0 aromatic heterocycles. The summed E-state index contributed by atoms with van der Waals surface area (Å²) in [6.45, 7) is 4.63. The number of methoxy groups -OCH3 is 1. The van der Waals surface area contributed by atoms with Crippen LogP contribution in [0.4, 0.5) is 11.4 Å². The van der Waals surface area contributed by atoms with Crippen molar-refractivity contribution in [1.29, 1.82) is 0 Å². The Morgan fingerprint density at radius 1 is 1.48 bits per heavy atom. The molecule has 1 amide bonds. The summed E-state index contributed by atoms with van der Waals surface area (Å²) in [7, 11) is 4.87. The second-order valence-electron chi connectivity index (χ2n) is 6.33.